The number of anilines is 1. The van der Waals surface area contributed by atoms with Gasteiger partial charge in [0, 0.05) is 18.2 Å². The number of hydrogen-bond donors (Lipinski definition) is 3. The highest BCUT2D eigenvalue weighted by Gasteiger charge is 2.48. The van der Waals surface area contributed by atoms with Crippen LogP contribution in [0, 0.1) is 5.82 Å². The number of aliphatic hydroxyl groups excluding tert-OH is 1. The Hall–Kier alpha value is -2.70. The summed E-state index contributed by atoms with van der Waals surface area (Å²) in [4.78, 5) is 14.6. The number of halogens is 2. The Bertz CT molecular complexity index is 1380. The van der Waals surface area contributed by atoms with Crippen LogP contribution < -0.4 is 14.8 Å². The molecule has 5 heterocycles. The molecule has 3 N–H and O–H groups in total. The molecule has 1 aliphatic carbocycles. The number of aromatic amines is 1. The van der Waals surface area contributed by atoms with E-state index in [2.05, 4.69) is 25.2 Å². The van der Waals surface area contributed by atoms with E-state index in [1.165, 1.54) is 25.3 Å². The number of aryl methyl sites for hydroxylation is 1. The van der Waals surface area contributed by atoms with Crippen molar-refractivity contribution in [2.75, 3.05) is 44.8 Å². The number of likely N-dealkylation sites (tertiary alicyclic amines) is 1. The maximum atomic E-state index is 15.3. The van der Waals surface area contributed by atoms with E-state index in [0.717, 1.165) is 31.6 Å². The van der Waals surface area contributed by atoms with Gasteiger partial charge in [-0.1, -0.05) is 18.0 Å². The van der Waals surface area contributed by atoms with E-state index in [0.29, 0.717) is 53.0 Å². The lowest BCUT2D eigenvalue weighted by Crippen LogP contribution is -2.34. The Morgan fingerprint density at radius 1 is 1.12 bits per heavy atom. The first-order valence-electron chi connectivity index (χ1n) is 14.1. The molecule has 3 fully saturated rings. The number of aromatic nitrogens is 3. The summed E-state index contributed by atoms with van der Waals surface area (Å²) in [5, 5.41) is 13.7. The van der Waals surface area contributed by atoms with E-state index in [-0.39, 0.29) is 30.6 Å². The quantitative estimate of drug-likeness (QED) is 0.372. The van der Waals surface area contributed by atoms with E-state index >= 15 is 4.39 Å². The number of nitrogens with one attached hydrogen (secondary N) is 2. The number of imidazole rings is 1. The van der Waals surface area contributed by atoms with Crippen molar-refractivity contribution in [3.05, 3.63) is 40.2 Å². The molecule has 0 spiro atoms. The van der Waals surface area contributed by atoms with Gasteiger partial charge in [0.05, 0.1) is 29.8 Å². The first-order chi connectivity index (χ1) is 19.5. The van der Waals surface area contributed by atoms with Gasteiger partial charge in [-0.25, -0.2) is 9.37 Å². The van der Waals surface area contributed by atoms with Gasteiger partial charge < -0.3 is 34.4 Å². The average molecular weight is 574 g/mol. The van der Waals surface area contributed by atoms with Crippen LogP contribution in [0.2, 0.25) is 5.02 Å². The molecule has 3 saturated heterocycles. The van der Waals surface area contributed by atoms with Gasteiger partial charge in [-0.15, -0.1) is 0 Å². The smallest absolute Gasteiger partial charge is 0.296 e. The molecule has 214 valence electrons. The van der Waals surface area contributed by atoms with Crippen molar-refractivity contribution in [1.29, 1.82) is 0 Å². The fraction of sp³-hybridized carbons (Fsp3) is 0.571. The highest BCUT2D eigenvalue weighted by atomic mass is 35.5. The molecule has 0 amide bonds. The fourth-order valence-electron chi connectivity index (χ4n) is 6.30. The Morgan fingerprint density at radius 2 is 1.98 bits per heavy atom. The van der Waals surface area contributed by atoms with Crippen molar-refractivity contribution in [3.63, 3.8) is 0 Å². The second-order valence-electron chi connectivity index (χ2n) is 11.0. The number of benzene rings is 1. The summed E-state index contributed by atoms with van der Waals surface area (Å²) in [6.45, 7) is 4.16. The Labute approximate surface area is 236 Å². The number of fused-ring (bicyclic) bond motifs is 3. The standard InChI is InChI=1S/C28H33ClFN5O5/c29-17-12-20-27(34-28(32-20)40-22-14-39-24-21(36)13-38-25(22)24)33-26(17)31-19-5-4-15-10-16(11-18(30)23(15)19)37-9-8-35-6-2-1-3-7-35/h10-12,19,21-22,24-25,36H,1-9,13-14H2,(H2,31,32,33,34)/t19?,21-,22-,24-,25-/m1/s1. The van der Waals surface area contributed by atoms with Crippen LogP contribution in [0.25, 0.3) is 11.2 Å². The van der Waals surface area contributed by atoms with Crippen LogP contribution in [0.3, 0.4) is 0 Å². The fourth-order valence-corrected chi connectivity index (χ4v) is 6.50. The third-order valence-electron chi connectivity index (χ3n) is 8.33. The summed E-state index contributed by atoms with van der Waals surface area (Å²) in [5.41, 5.74) is 2.59. The zero-order valence-electron chi connectivity index (χ0n) is 22.1. The minimum atomic E-state index is -0.655. The molecule has 4 aliphatic rings. The zero-order chi connectivity index (χ0) is 27.2. The van der Waals surface area contributed by atoms with Crippen LogP contribution in [-0.4, -0.2) is 88.8 Å². The first-order valence-corrected chi connectivity index (χ1v) is 14.5. The summed E-state index contributed by atoms with van der Waals surface area (Å²) >= 11 is 6.56. The van der Waals surface area contributed by atoms with E-state index in [4.69, 9.17) is 30.5 Å². The normalized spacial score (nSPS) is 28.1. The van der Waals surface area contributed by atoms with Gasteiger partial charge in [-0.05, 0) is 56.5 Å². The molecular formula is C28H33ClFN5O5. The lowest BCUT2D eigenvalue weighted by molar-refractivity contribution is 0.00706. The molecule has 2 aromatic heterocycles. The predicted octanol–water partition coefficient (Wildman–Crippen LogP) is 3.62. The molecule has 12 heteroatoms. The largest absolute Gasteiger partial charge is 0.492 e. The lowest BCUT2D eigenvalue weighted by atomic mass is 10.1. The third kappa shape index (κ3) is 5.09. The van der Waals surface area contributed by atoms with Crippen molar-refractivity contribution in [2.24, 2.45) is 0 Å². The van der Waals surface area contributed by atoms with Crippen LogP contribution in [0.5, 0.6) is 11.8 Å². The van der Waals surface area contributed by atoms with Gasteiger partial charge in [0.2, 0.25) is 0 Å². The molecule has 0 bridgehead atoms. The van der Waals surface area contributed by atoms with Crippen LogP contribution in [0.4, 0.5) is 10.2 Å². The Balaban J connectivity index is 1.02. The summed E-state index contributed by atoms with van der Waals surface area (Å²) in [7, 11) is 0. The van der Waals surface area contributed by atoms with Gasteiger partial charge >= 0.3 is 0 Å². The molecule has 3 aliphatic heterocycles. The maximum absolute atomic E-state index is 15.3. The number of rotatable bonds is 8. The van der Waals surface area contributed by atoms with E-state index in [9.17, 15) is 5.11 Å². The van der Waals surface area contributed by atoms with Crippen LogP contribution >= 0.6 is 11.6 Å². The SMILES string of the molecule is O[C@@H]1CO[C@H]2[C@@H]1OC[C@H]2Oc1nc2nc(NC3CCc4cc(OCCN5CCCCC5)cc(F)c43)c(Cl)cc2[nH]1. The summed E-state index contributed by atoms with van der Waals surface area (Å²) in [6, 6.07) is 5.15. The number of ether oxygens (including phenoxy) is 4. The van der Waals surface area contributed by atoms with Gasteiger partial charge in [0.25, 0.3) is 6.01 Å². The number of pyridine rings is 1. The minimum absolute atomic E-state index is 0.222. The molecule has 1 aromatic carbocycles. The van der Waals surface area contributed by atoms with Gasteiger partial charge in [-0.2, -0.15) is 4.98 Å². The van der Waals surface area contributed by atoms with Gasteiger partial charge in [0.1, 0.15) is 42.3 Å². The van der Waals surface area contributed by atoms with Crippen LogP contribution in [0.15, 0.2) is 18.2 Å². The van der Waals surface area contributed by atoms with E-state index in [1.54, 1.807) is 6.07 Å². The molecule has 5 atom stereocenters. The van der Waals surface area contributed by atoms with Crippen molar-refractivity contribution in [3.8, 4) is 11.8 Å². The molecule has 1 unspecified atom stereocenters. The third-order valence-corrected chi connectivity index (χ3v) is 8.61. The predicted molar refractivity (Wildman–Crippen MR) is 146 cm³/mol. The first kappa shape index (κ1) is 26.2. The van der Waals surface area contributed by atoms with Crippen LogP contribution in [-0.2, 0) is 15.9 Å². The number of piperidine rings is 1. The summed E-state index contributed by atoms with van der Waals surface area (Å²) in [5.74, 6) is 0.717. The van der Waals surface area contributed by atoms with Crippen molar-refractivity contribution >= 4 is 28.6 Å². The second-order valence-corrected chi connectivity index (χ2v) is 11.4. The summed E-state index contributed by atoms with van der Waals surface area (Å²) in [6.07, 6.45) is 3.42. The number of nitrogens with zero attached hydrogens (tertiary/aromatic N) is 3. The van der Waals surface area contributed by atoms with E-state index < -0.39 is 18.3 Å². The van der Waals surface area contributed by atoms with Crippen molar-refractivity contribution < 1.29 is 28.4 Å². The molecule has 7 rings (SSSR count). The van der Waals surface area contributed by atoms with Gasteiger partial charge in [-0.3, -0.25) is 4.90 Å². The van der Waals surface area contributed by atoms with Gasteiger partial charge in [0.15, 0.2) is 11.8 Å². The highest BCUT2D eigenvalue weighted by Crippen LogP contribution is 2.39. The molecular weight excluding hydrogens is 541 g/mol. The Kier molecular flexibility index (Phi) is 7.17. The topological polar surface area (TPSA) is 114 Å². The second kappa shape index (κ2) is 10.9. The van der Waals surface area contributed by atoms with Crippen molar-refractivity contribution in [1.82, 2.24) is 19.9 Å². The molecule has 3 aromatic rings. The van der Waals surface area contributed by atoms with E-state index in [1.807, 2.05) is 6.07 Å². The monoisotopic (exact) mass is 573 g/mol. The minimum Gasteiger partial charge on any atom is -0.492 e. The highest BCUT2D eigenvalue weighted by molar-refractivity contribution is 6.33. The molecule has 0 saturated carbocycles. The lowest BCUT2D eigenvalue weighted by Gasteiger charge is -2.26. The van der Waals surface area contributed by atoms with Crippen molar-refractivity contribution in [2.45, 2.75) is 62.6 Å². The van der Waals surface area contributed by atoms with Crippen LogP contribution in [0.1, 0.15) is 42.9 Å². The number of aliphatic hydroxyl groups is 1. The number of hydrogen-bond acceptors (Lipinski definition) is 9. The number of H-pyrrole nitrogens is 1. The Morgan fingerprint density at radius 3 is 2.85 bits per heavy atom. The molecule has 40 heavy (non-hydrogen) atoms. The maximum Gasteiger partial charge on any atom is 0.296 e. The molecule has 0 radical (unpaired) electrons. The zero-order valence-corrected chi connectivity index (χ0v) is 22.8. The molecule has 10 nitrogen and oxygen atoms in total. The average Bonchev–Trinajstić information content (AvgIpc) is 3.71. The summed E-state index contributed by atoms with van der Waals surface area (Å²) < 4.78 is 38.4.